The fourth-order valence-electron chi connectivity index (χ4n) is 2.45. The molecule has 1 N–H and O–H groups in total. The second-order valence-electron chi connectivity index (χ2n) is 5.11. The number of carbonyl (C=O) groups excluding carboxylic acids is 1. The number of piperidine rings is 1. The van der Waals surface area contributed by atoms with Crippen LogP contribution in [-0.4, -0.2) is 49.3 Å². The van der Waals surface area contributed by atoms with Crippen molar-refractivity contribution in [2.75, 3.05) is 27.2 Å². The van der Waals surface area contributed by atoms with Crippen molar-refractivity contribution in [2.45, 2.75) is 25.0 Å². The second kappa shape index (κ2) is 6.72. The predicted molar refractivity (Wildman–Crippen MR) is 74.6 cm³/mol. The van der Waals surface area contributed by atoms with Gasteiger partial charge in [0.2, 0.25) is 0 Å². The van der Waals surface area contributed by atoms with Gasteiger partial charge >= 0.3 is 5.97 Å². The number of likely N-dealkylation sites (tertiary alicyclic amines) is 1. The Morgan fingerprint density at radius 2 is 2.20 bits per heavy atom. The van der Waals surface area contributed by atoms with Crippen LogP contribution in [0, 0.1) is 0 Å². The number of benzene rings is 1. The van der Waals surface area contributed by atoms with Gasteiger partial charge in [0, 0.05) is 12.1 Å². The maximum atomic E-state index is 11.5. The predicted octanol–water partition coefficient (Wildman–Crippen LogP) is 1.37. The van der Waals surface area contributed by atoms with Gasteiger partial charge in [-0.15, -0.1) is 0 Å². The van der Waals surface area contributed by atoms with Gasteiger partial charge in [-0.05, 0) is 32.5 Å². The highest BCUT2D eigenvalue weighted by molar-refractivity contribution is 5.77. The van der Waals surface area contributed by atoms with Crippen LogP contribution in [0.4, 0.5) is 0 Å². The summed E-state index contributed by atoms with van der Waals surface area (Å²) in [6.45, 7) is 1.93. The van der Waals surface area contributed by atoms with Crippen molar-refractivity contribution in [3.8, 4) is 5.75 Å². The summed E-state index contributed by atoms with van der Waals surface area (Å²) in [6.07, 6.45) is 0.841. The van der Waals surface area contributed by atoms with Crippen LogP contribution >= 0.6 is 0 Å². The number of aliphatic hydroxyl groups excluding tert-OH is 1. The molecule has 20 heavy (non-hydrogen) atoms. The van der Waals surface area contributed by atoms with Gasteiger partial charge in [0.25, 0.3) is 0 Å². The van der Waals surface area contributed by atoms with E-state index in [1.807, 2.05) is 6.07 Å². The van der Waals surface area contributed by atoms with E-state index in [0.29, 0.717) is 11.3 Å². The van der Waals surface area contributed by atoms with E-state index >= 15 is 0 Å². The zero-order valence-corrected chi connectivity index (χ0v) is 11.9. The molecule has 1 fully saturated rings. The number of nitrogens with zero attached hydrogens (tertiary/aromatic N) is 1. The lowest BCUT2D eigenvalue weighted by Gasteiger charge is -2.30. The third-order valence-electron chi connectivity index (χ3n) is 3.51. The van der Waals surface area contributed by atoms with Crippen molar-refractivity contribution < 1.29 is 19.4 Å². The average Bonchev–Trinajstić information content (AvgIpc) is 2.46. The Labute approximate surface area is 119 Å². The van der Waals surface area contributed by atoms with Crippen molar-refractivity contribution in [2.24, 2.45) is 0 Å². The van der Waals surface area contributed by atoms with Crippen molar-refractivity contribution in [1.29, 1.82) is 0 Å². The molecule has 1 heterocycles. The summed E-state index contributed by atoms with van der Waals surface area (Å²) in [7, 11) is 3.32. The smallest absolute Gasteiger partial charge is 0.339 e. The third-order valence-corrected chi connectivity index (χ3v) is 3.51. The Morgan fingerprint density at radius 1 is 1.45 bits per heavy atom. The maximum absolute atomic E-state index is 11.5. The van der Waals surface area contributed by atoms with E-state index in [1.54, 1.807) is 18.2 Å². The normalized spacial score (nSPS) is 21.2. The Morgan fingerprint density at radius 3 is 2.90 bits per heavy atom. The van der Waals surface area contributed by atoms with Crippen LogP contribution in [0.1, 0.15) is 24.5 Å². The molecule has 2 atom stereocenters. The van der Waals surface area contributed by atoms with Crippen molar-refractivity contribution in [3.63, 3.8) is 0 Å². The molecule has 0 aliphatic carbocycles. The first-order valence-electron chi connectivity index (χ1n) is 6.82. The highest BCUT2D eigenvalue weighted by atomic mass is 16.5. The van der Waals surface area contributed by atoms with E-state index in [1.165, 1.54) is 7.11 Å². The third kappa shape index (κ3) is 3.49. The summed E-state index contributed by atoms with van der Waals surface area (Å²) in [5.74, 6) is -0.132. The molecule has 1 aromatic rings. The van der Waals surface area contributed by atoms with E-state index in [4.69, 9.17) is 4.74 Å². The summed E-state index contributed by atoms with van der Waals surface area (Å²) in [5.41, 5.74) is 0.451. The molecule has 2 unspecified atom stereocenters. The van der Waals surface area contributed by atoms with Gasteiger partial charge in [-0.25, -0.2) is 4.79 Å². The lowest BCUT2D eigenvalue weighted by molar-refractivity contribution is -0.150. The lowest BCUT2D eigenvalue weighted by Crippen LogP contribution is -2.38. The zero-order valence-electron chi connectivity index (χ0n) is 11.9. The maximum Gasteiger partial charge on any atom is 0.339 e. The lowest BCUT2D eigenvalue weighted by atomic mass is 10.1. The highest BCUT2D eigenvalue weighted by Gasteiger charge is 2.24. The molecular weight excluding hydrogens is 258 g/mol. The molecule has 0 amide bonds. The van der Waals surface area contributed by atoms with Gasteiger partial charge in [0.1, 0.15) is 11.9 Å². The van der Waals surface area contributed by atoms with Gasteiger partial charge < -0.3 is 19.5 Å². The van der Waals surface area contributed by atoms with Crippen LogP contribution in [0.5, 0.6) is 5.75 Å². The Kier molecular flexibility index (Phi) is 4.98. The average molecular weight is 279 g/mol. The second-order valence-corrected chi connectivity index (χ2v) is 5.11. The summed E-state index contributed by atoms with van der Waals surface area (Å²) < 4.78 is 10.5. The molecule has 2 rings (SSSR count). The number of methoxy groups -OCH3 is 1. The molecule has 0 spiro atoms. The molecule has 0 aromatic heterocycles. The largest absolute Gasteiger partial charge is 0.489 e. The van der Waals surface area contributed by atoms with E-state index in [-0.39, 0.29) is 6.10 Å². The number of carbonyl (C=O) groups is 1. The number of esters is 1. The number of para-hydroxylation sites is 1. The number of likely N-dealkylation sites (N-methyl/N-ethyl adjacent to an activating group) is 1. The molecule has 0 radical (unpaired) electrons. The van der Waals surface area contributed by atoms with Gasteiger partial charge in [-0.2, -0.15) is 0 Å². The summed E-state index contributed by atoms with van der Waals surface area (Å²) >= 11 is 0. The Bertz CT molecular complexity index is 463. The fraction of sp³-hybridized carbons (Fsp3) is 0.533. The number of aliphatic hydroxyl groups is 1. The van der Waals surface area contributed by atoms with Crippen LogP contribution in [0.3, 0.4) is 0 Å². The summed E-state index contributed by atoms with van der Waals surface area (Å²) in [6, 6.07) is 7.05. The SMILES string of the molecule is COC(=O)C(O)c1ccccc1OC1CCCN(C)C1. The van der Waals surface area contributed by atoms with Gasteiger partial charge in [-0.1, -0.05) is 18.2 Å². The number of rotatable bonds is 4. The Hall–Kier alpha value is -1.59. The summed E-state index contributed by atoms with van der Waals surface area (Å²) in [4.78, 5) is 13.7. The fourth-order valence-corrected chi connectivity index (χ4v) is 2.45. The standard InChI is InChI=1S/C15H21NO4/c1-16-9-5-6-11(10-16)20-13-8-4-3-7-12(13)14(17)15(18)19-2/h3-4,7-8,11,14,17H,5-6,9-10H2,1-2H3. The molecular formula is C15H21NO4. The molecule has 0 saturated carbocycles. The molecule has 1 aromatic carbocycles. The zero-order chi connectivity index (χ0) is 14.5. The van der Waals surface area contributed by atoms with E-state index in [0.717, 1.165) is 25.9 Å². The minimum Gasteiger partial charge on any atom is -0.489 e. The van der Waals surface area contributed by atoms with E-state index < -0.39 is 12.1 Å². The monoisotopic (exact) mass is 279 g/mol. The first-order valence-corrected chi connectivity index (χ1v) is 6.82. The Balaban J connectivity index is 2.13. The molecule has 0 bridgehead atoms. The molecule has 5 nitrogen and oxygen atoms in total. The first-order chi connectivity index (χ1) is 9.61. The highest BCUT2D eigenvalue weighted by Crippen LogP contribution is 2.28. The van der Waals surface area contributed by atoms with Crippen molar-refractivity contribution >= 4 is 5.97 Å². The summed E-state index contributed by atoms with van der Waals surface area (Å²) in [5, 5.41) is 9.99. The van der Waals surface area contributed by atoms with Gasteiger partial charge in [0.05, 0.1) is 7.11 Å². The van der Waals surface area contributed by atoms with Crippen LogP contribution in [0.15, 0.2) is 24.3 Å². The number of hydrogen-bond donors (Lipinski definition) is 1. The minimum absolute atomic E-state index is 0.0831. The first kappa shape index (κ1) is 14.8. The minimum atomic E-state index is -1.31. The van der Waals surface area contributed by atoms with Crippen LogP contribution in [-0.2, 0) is 9.53 Å². The van der Waals surface area contributed by atoms with Crippen molar-refractivity contribution in [1.82, 2.24) is 4.90 Å². The number of hydrogen-bond acceptors (Lipinski definition) is 5. The van der Waals surface area contributed by atoms with Gasteiger partial charge in [-0.3, -0.25) is 0 Å². The molecule has 110 valence electrons. The molecule has 5 heteroatoms. The van der Waals surface area contributed by atoms with Gasteiger partial charge in [0.15, 0.2) is 6.10 Å². The van der Waals surface area contributed by atoms with E-state index in [2.05, 4.69) is 16.7 Å². The van der Waals surface area contributed by atoms with Crippen LogP contribution < -0.4 is 4.74 Å². The molecule has 1 aliphatic heterocycles. The van der Waals surface area contributed by atoms with Crippen LogP contribution in [0.2, 0.25) is 0 Å². The van der Waals surface area contributed by atoms with Crippen molar-refractivity contribution in [3.05, 3.63) is 29.8 Å². The van der Waals surface area contributed by atoms with E-state index in [9.17, 15) is 9.90 Å². The molecule has 1 aliphatic rings. The number of ether oxygens (including phenoxy) is 2. The van der Waals surface area contributed by atoms with Crippen LogP contribution in [0.25, 0.3) is 0 Å². The quantitative estimate of drug-likeness (QED) is 0.843. The molecule has 1 saturated heterocycles. The topological polar surface area (TPSA) is 59.0 Å².